The predicted octanol–water partition coefficient (Wildman–Crippen LogP) is 3.53. The first kappa shape index (κ1) is 14.8. The molecule has 116 valence electrons. The molecule has 3 N–H and O–H groups in total. The second-order valence-corrected chi connectivity index (χ2v) is 5.53. The molecule has 0 spiro atoms. The molecule has 2 aromatic rings. The maximum Gasteiger partial charge on any atom is 0.416 e. The minimum Gasteiger partial charge on any atom is -0.366 e. The summed E-state index contributed by atoms with van der Waals surface area (Å²) in [5.74, 6) is 1.11. The van der Waals surface area contributed by atoms with E-state index < -0.39 is 11.7 Å². The van der Waals surface area contributed by atoms with E-state index in [1.165, 1.54) is 12.1 Å². The summed E-state index contributed by atoms with van der Waals surface area (Å²) in [6.07, 6.45) is -1.50. The van der Waals surface area contributed by atoms with Crippen molar-refractivity contribution in [3.05, 3.63) is 59.3 Å². The normalized spacial score (nSPS) is 20.7. The third-order valence-electron chi connectivity index (χ3n) is 3.81. The smallest absolute Gasteiger partial charge is 0.366 e. The number of benzene rings is 1. The van der Waals surface area contributed by atoms with Crippen LogP contribution in [0.25, 0.3) is 0 Å². The van der Waals surface area contributed by atoms with Crippen LogP contribution in [-0.2, 0) is 12.7 Å². The van der Waals surface area contributed by atoms with Gasteiger partial charge in [0.05, 0.1) is 5.56 Å². The zero-order valence-corrected chi connectivity index (χ0v) is 11.8. The second-order valence-electron chi connectivity index (χ2n) is 5.53. The van der Waals surface area contributed by atoms with E-state index in [-0.39, 0.29) is 6.04 Å². The number of nitrogens with two attached hydrogens (primary N) is 1. The van der Waals surface area contributed by atoms with Crippen molar-refractivity contribution < 1.29 is 13.2 Å². The number of pyridine rings is 1. The fraction of sp³-hybridized carbons (Fsp3) is 0.312. The fourth-order valence-corrected chi connectivity index (χ4v) is 2.33. The van der Waals surface area contributed by atoms with Gasteiger partial charge in [-0.2, -0.15) is 13.2 Å². The molecular weight excluding hydrogens is 291 g/mol. The second kappa shape index (κ2) is 5.61. The summed E-state index contributed by atoms with van der Waals surface area (Å²) in [5, 5.41) is 3.09. The molecule has 1 fully saturated rings. The highest BCUT2D eigenvalue weighted by atomic mass is 19.4. The molecule has 1 saturated carbocycles. The highest BCUT2D eigenvalue weighted by Gasteiger charge is 2.34. The van der Waals surface area contributed by atoms with Gasteiger partial charge in [-0.1, -0.05) is 18.2 Å². The number of halogens is 3. The Hall–Kier alpha value is -2.08. The van der Waals surface area contributed by atoms with Gasteiger partial charge in [0.15, 0.2) is 0 Å². The van der Waals surface area contributed by atoms with Crippen molar-refractivity contribution in [1.29, 1.82) is 0 Å². The van der Waals surface area contributed by atoms with Gasteiger partial charge in [0.25, 0.3) is 0 Å². The number of alkyl halides is 3. The van der Waals surface area contributed by atoms with Crippen molar-refractivity contribution in [2.24, 2.45) is 5.73 Å². The van der Waals surface area contributed by atoms with E-state index in [9.17, 15) is 13.2 Å². The highest BCUT2D eigenvalue weighted by Crippen LogP contribution is 2.38. The Bertz CT molecular complexity index is 635. The first-order valence-corrected chi connectivity index (χ1v) is 7.05. The van der Waals surface area contributed by atoms with Crippen LogP contribution < -0.4 is 11.1 Å². The van der Waals surface area contributed by atoms with E-state index in [2.05, 4.69) is 10.3 Å². The third-order valence-corrected chi connectivity index (χ3v) is 3.81. The first-order valence-electron chi connectivity index (χ1n) is 7.05. The summed E-state index contributed by atoms with van der Waals surface area (Å²) >= 11 is 0. The van der Waals surface area contributed by atoms with Crippen LogP contribution in [0.2, 0.25) is 0 Å². The number of nitrogens with zero attached hydrogens (tertiary/aromatic N) is 1. The minimum atomic E-state index is -4.30. The van der Waals surface area contributed by atoms with Crippen molar-refractivity contribution >= 4 is 5.82 Å². The molecule has 6 heteroatoms. The molecule has 1 aliphatic carbocycles. The van der Waals surface area contributed by atoms with Crippen LogP contribution in [0, 0.1) is 0 Å². The molecule has 0 aliphatic heterocycles. The molecule has 3 rings (SSSR count). The van der Waals surface area contributed by atoms with Gasteiger partial charge in [0, 0.05) is 24.7 Å². The van der Waals surface area contributed by atoms with Crippen LogP contribution in [-0.4, -0.2) is 11.0 Å². The Morgan fingerprint density at radius 2 is 1.82 bits per heavy atom. The number of rotatable bonds is 4. The van der Waals surface area contributed by atoms with Crippen molar-refractivity contribution in [2.45, 2.75) is 31.1 Å². The standard InChI is InChI=1S/C16H16F3N3/c17-16(18,19)12-4-1-10(2-5-12)8-21-15-6-3-11(9-22-15)13-7-14(13)20/h1-6,9,13-14H,7-8,20H2,(H,21,22). The highest BCUT2D eigenvalue weighted by molar-refractivity contribution is 5.39. The summed E-state index contributed by atoms with van der Waals surface area (Å²) < 4.78 is 37.4. The Morgan fingerprint density at radius 1 is 1.14 bits per heavy atom. The van der Waals surface area contributed by atoms with E-state index >= 15 is 0 Å². The van der Waals surface area contributed by atoms with Crippen LogP contribution in [0.3, 0.4) is 0 Å². The average molecular weight is 307 g/mol. The van der Waals surface area contributed by atoms with Gasteiger partial charge in [-0.15, -0.1) is 0 Å². The zero-order valence-electron chi connectivity index (χ0n) is 11.8. The number of hydrogen-bond acceptors (Lipinski definition) is 3. The molecule has 0 bridgehead atoms. The Balaban J connectivity index is 1.58. The molecule has 1 aromatic carbocycles. The molecule has 1 aromatic heterocycles. The molecule has 22 heavy (non-hydrogen) atoms. The summed E-state index contributed by atoms with van der Waals surface area (Å²) in [5.41, 5.74) is 7.05. The lowest BCUT2D eigenvalue weighted by atomic mass is 10.1. The number of hydrogen-bond donors (Lipinski definition) is 2. The van der Waals surface area contributed by atoms with Gasteiger partial charge in [0.1, 0.15) is 5.82 Å². The fourth-order valence-electron chi connectivity index (χ4n) is 2.33. The van der Waals surface area contributed by atoms with Crippen molar-refractivity contribution in [3.63, 3.8) is 0 Å². The van der Waals surface area contributed by atoms with Gasteiger partial charge in [0.2, 0.25) is 0 Å². The molecule has 2 atom stereocenters. The Kier molecular flexibility index (Phi) is 3.78. The Labute approximate surface area is 126 Å². The van der Waals surface area contributed by atoms with Crippen molar-refractivity contribution in [1.82, 2.24) is 4.98 Å². The first-order chi connectivity index (χ1) is 10.4. The van der Waals surface area contributed by atoms with E-state index in [0.29, 0.717) is 18.3 Å². The number of aromatic nitrogens is 1. The van der Waals surface area contributed by atoms with Crippen molar-refractivity contribution in [2.75, 3.05) is 5.32 Å². The molecule has 1 aliphatic rings. The monoisotopic (exact) mass is 307 g/mol. The third kappa shape index (κ3) is 3.39. The SMILES string of the molecule is NC1CC1c1ccc(NCc2ccc(C(F)(F)F)cc2)nc1. The molecule has 0 saturated heterocycles. The summed E-state index contributed by atoms with van der Waals surface area (Å²) in [6, 6.07) is 9.20. The predicted molar refractivity (Wildman–Crippen MR) is 78.3 cm³/mol. The van der Waals surface area contributed by atoms with Crippen LogP contribution in [0.4, 0.5) is 19.0 Å². The lowest BCUT2D eigenvalue weighted by molar-refractivity contribution is -0.137. The van der Waals surface area contributed by atoms with Crippen molar-refractivity contribution in [3.8, 4) is 0 Å². The lowest BCUT2D eigenvalue weighted by Gasteiger charge is -2.09. The van der Waals surface area contributed by atoms with Crippen LogP contribution in [0.1, 0.15) is 29.0 Å². The van der Waals surface area contributed by atoms with E-state index in [0.717, 1.165) is 29.7 Å². The Morgan fingerprint density at radius 3 is 2.32 bits per heavy atom. The van der Waals surface area contributed by atoms with E-state index in [4.69, 9.17) is 5.73 Å². The molecule has 0 amide bonds. The van der Waals surface area contributed by atoms with Crippen LogP contribution in [0.15, 0.2) is 42.6 Å². The van der Waals surface area contributed by atoms with Gasteiger partial charge in [-0.05, 0) is 35.7 Å². The van der Waals surface area contributed by atoms with Gasteiger partial charge in [-0.25, -0.2) is 4.98 Å². The largest absolute Gasteiger partial charge is 0.416 e. The van der Waals surface area contributed by atoms with E-state index in [1.54, 1.807) is 6.20 Å². The summed E-state index contributed by atoms with van der Waals surface area (Å²) in [6.45, 7) is 0.424. The minimum absolute atomic E-state index is 0.243. The number of anilines is 1. The number of nitrogens with one attached hydrogen (secondary N) is 1. The van der Waals surface area contributed by atoms with Crippen LogP contribution >= 0.6 is 0 Å². The maximum atomic E-state index is 12.5. The molecule has 1 heterocycles. The quantitative estimate of drug-likeness (QED) is 0.908. The molecule has 3 nitrogen and oxygen atoms in total. The maximum absolute atomic E-state index is 12.5. The van der Waals surface area contributed by atoms with Crippen LogP contribution in [0.5, 0.6) is 0 Å². The van der Waals surface area contributed by atoms with Gasteiger partial charge >= 0.3 is 6.18 Å². The lowest BCUT2D eigenvalue weighted by Crippen LogP contribution is -2.06. The topological polar surface area (TPSA) is 50.9 Å². The van der Waals surface area contributed by atoms with E-state index in [1.807, 2.05) is 12.1 Å². The summed E-state index contributed by atoms with van der Waals surface area (Å²) in [4.78, 5) is 4.30. The molecular formula is C16H16F3N3. The zero-order chi connectivity index (χ0) is 15.7. The van der Waals surface area contributed by atoms with Gasteiger partial charge in [-0.3, -0.25) is 0 Å². The van der Waals surface area contributed by atoms with Gasteiger partial charge < -0.3 is 11.1 Å². The average Bonchev–Trinajstić information content (AvgIpc) is 3.22. The summed E-state index contributed by atoms with van der Waals surface area (Å²) in [7, 11) is 0. The molecule has 0 radical (unpaired) electrons. The molecule has 2 unspecified atom stereocenters.